The van der Waals surface area contributed by atoms with Gasteiger partial charge in [0.2, 0.25) is 5.75 Å². The summed E-state index contributed by atoms with van der Waals surface area (Å²) in [4.78, 5) is 12.0. The Morgan fingerprint density at radius 2 is 1.57 bits per heavy atom. The molecule has 122 valence electrons. The molecule has 0 bridgehead atoms. The number of urea groups is 1. The van der Waals surface area contributed by atoms with E-state index < -0.39 is 6.03 Å². The SMILES string of the molecule is COc1cc(NC(=O)Nc2ccccc2O)cc(OC)c1OC. The number of hydrogen-bond donors (Lipinski definition) is 3. The molecule has 0 fully saturated rings. The van der Waals surface area contributed by atoms with Gasteiger partial charge in [0.05, 0.1) is 32.7 Å². The second-order valence-electron chi connectivity index (χ2n) is 4.51. The number of aromatic hydroxyl groups is 1. The highest BCUT2D eigenvalue weighted by atomic mass is 16.5. The van der Waals surface area contributed by atoms with E-state index >= 15 is 0 Å². The molecule has 0 radical (unpaired) electrons. The number of benzene rings is 2. The van der Waals surface area contributed by atoms with Gasteiger partial charge in [-0.25, -0.2) is 4.79 Å². The Hall–Kier alpha value is -3.09. The summed E-state index contributed by atoms with van der Waals surface area (Å²) in [5.41, 5.74) is 0.755. The molecule has 0 saturated carbocycles. The van der Waals surface area contributed by atoms with Gasteiger partial charge in [-0.05, 0) is 12.1 Å². The highest BCUT2D eigenvalue weighted by Gasteiger charge is 2.14. The minimum Gasteiger partial charge on any atom is -0.506 e. The van der Waals surface area contributed by atoms with Gasteiger partial charge in [-0.1, -0.05) is 12.1 Å². The first-order valence-corrected chi connectivity index (χ1v) is 6.75. The number of phenolic OH excluding ortho intramolecular Hbond substituents is 1. The topological polar surface area (TPSA) is 89.1 Å². The molecule has 2 amide bonds. The summed E-state index contributed by atoms with van der Waals surface area (Å²) in [6.45, 7) is 0. The lowest BCUT2D eigenvalue weighted by molar-refractivity contribution is 0.262. The van der Waals surface area contributed by atoms with Crippen molar-refractivity contribution in [3.05, 3.63) is 36.4 Å². The van der Waals surface area contributed by atoms with E-state index in [1.807, 2.05) is 0 Å². The molecular formula is C16H18N2O5. The van der Waals surface area contributed by atoms with Crippen LogP contribution in [0.2, 0.25) is 0 Å². The van der Waals surface area contributed by atoms with Gasteiger partial charge in [0.25, 0.3) is 0 Å². The van der Waals surface area contributed by atoms with Crippen molar-refractivity contribution < 1.29 is 24.1 Å². The van der Waals surface area contributed by atoms with Crippen LogP contribution in [0, 0.1) is 0 Å². The zero-order valence-corrected chi connectivity index (χ0v) is 13.0. The second-order valence-corrected chi connectivity index (χ2v) is 4.51. The van der Waals surface area contributed by atoms with Crippen LogP contribution in [-0.2, 0) is 0 Å². The van der Waals surface area contributed by atoms with Gasteiger partial charge in [0.15, 0.2) is 11.5 Å². The van der Waals surface area contributed by atoms with Crippen molar-refractivity contribution in [2.75, 3.05) is 32.0 Å². The van der Waals surface area contributed by atoms with E-state index in [2.05, 4.69) is 10.6 Å². The van der Waals surface area contributed by atoms with E-state index in [4.69, 9.17) is 14.2 Å². The van der Waals surface area contributed by atoms with E-state index in [0.29, 0.717) is 28.6 Å². The number of ether oxygens (including phenoxy) is 3. The third-order valence-electron chi connectivity index (χ3n) is 3.07. The first-order chi connectivity index (χ1) is 11.1. The van der Waals surface area contributed by atoms with Gasteiger partial charge in [-0.3, -0.25) is 0 Å². The number of anilines is 2. The Morgan fingerprint density at radius 3 is 2.09 bits per heavy atom. The zero-order chi connectivity index (χ0) is 16.8. The number of carbonyl (C=O) groups excluding carboxylic acids is 1. The van der Waals surface area contributed by atoms with Crippen molar-refractivity contribution in [1.82, 2.24) is 0 Å². The van der Waals surface area contributed by atoms with Crippen molar-refractivity contribution in [2.45, 2.75) is 0 Å². The quantitative estimate of drug-likeness (QED) is 0.737. The van der Waals surface area contributed by atoms with Gasteiger partial charge in [0.1, 0.15) is 5.75 Å². The van der Waals surface area contributed by atoms with E-state index in [9.17, 15) is 9.90 Å². The number of hydrogen-bond acceptors (Lipinski definition) is 5. The molecule has 2 aromatic carbocycles. The maximum Gasteiger partial charge on any atom is 0.323 e. The first kappa shape index (κ1) is 16.3. The van der Waals surface area contributed by atoms with Crippen molar-refractivity contribution >= 4 is 17.4 Å². The largest absolute Gasteiger partial charge is 0.506 e. The summed E-state index contributed by atoms with van der Waals surface area (Å²) in [6, 6.07) is 9.13. The number of nitrogens with one attached hydrogen (secondary N) is 2. The number of rotatable bonds is 5. The Morgan fingerprint density at radius 1 is 0.957 bits per heavy atom. The van der Waals surface area contributed by atoms with Crippen molar-refractivity contribution in [3.63, 3.8) is 0 Å². The average molecular weight is 318 g/mol. The van der Waals surface area contributed by atoms with E-state index in [-0.39, 0.29) is 5.75 Å². The Balaban J connectivity index is 2.19. The number of phenols is 1. The van der Waals surface area contributed by atoms with E-state index in [1.165, 1.54) is 27.4 Å². The molecule has 7 heteroatoms. The molecule has 3 N–H and O–H groups in total. The lowest BCUT2D eigenvalue weighted by Crippen LogP contribution is -2.19. The smallest absolute Gasteiger partial charge is 0.323 e. The Bertz CT molecular complexity index is 678. The Labute approximate surface area is 133 Å². The van der Waals surface area contributed by atoms with Crippen LogP contribution >= 0.6 is 0 Å². The molecule has 0 atom stereocenters. The van der Waals surface area contributed by atoms with Gasteiger partial charge in [-0.15, -0.1) is 0 Å². The maximum atomic E-state index is 12.0. The molecule has 0 spiro atoms. The van der Waals surface area contributed by atoms with E-state index in [1.54, 1.807) is 30.3 Å². The standard InChI is InChI=1S/C16H18N2O5/c1-21-13-8-10(9-14(22-2)15(13)23-3)17-16(20)18-11-6-4-5-7-12(11)19/h4-9,19H,1-3H3,(H2,17,18,20). The monoisotopic (exact) mass is 318 g/mol. The summed E-state index contributed by atoms with van der Waals surface area (Å²) >= 11 is 0. The normalized spacial score (nSPS) is 9.87. The van der Waals surface area contributed by atoms with Gasteiger partial charge in [-0.2, -0.15) is 0 Å². The molecule has 23 heavy (non-hydrogen) atoms. The maximum absolute atomic E-state index is 12.0. The zero-order valence-electron chi connectivity index (χ0n) is 13.0. The predicted octanol–water partition coefficient (Wildman–Crippen LogP) is 3.06. The van der Waals surface area contributed by atoms with Crippen LogP contribution in [0.5, 0.6) is 23.0 Å². The number of methoxy groups -OCH3 is 3. The second kappa shape index (κ2) is 7.26. The summed E-state index contributed by atoms with van der Waals surface area (Å²) in [6.07, 6.45) is 0. The third-order valence-corrected chi connectivity index (χ3v) is 3.07. The molecule has 2 aromatic rings. The summed E-state index contributed by atoms with van der Waals surface area (Å²) in [5.74, 6) is 1.25. The van der Waals surface area contributed by atoms with E-state index in [0.717, 1.165) is 0 Å². The predicted molar refractivity (Wildman–Crippen MR) is 86.8 cm³/mol. The molecule has 0 aromatic heterocycles. The molecule has 0 aliphatic heterocycles. The molecule has 0 saturated heterocycles. The highest BCUT2D eigenvalue weighted by molar-refractivity contribution is 6.01. The fourth-order valence-corrected chi connectivity index (χ4v) is 2.02. The lowest BCUT2D eigenvalue weighted by atomic mass is 10.2. The molecular weight excluding hydrogens is 300 g/mol. The van der Waals surface area contributed by atoms with Crippen LogP contribution in [-0.4, -0.2) is 32.5 Å². The fraction of sp³-hybridized carbons (Fsp3) is 0.188. The van der Waals surface area contributed by atoms with Crippen LogP contribution in [0.15, 0.2) is 36.4 Å². The van der Waals surface area contributed by atoms with Crippen molar-refractivity contribution in [3.8, 4) is 23.0 Å². The summed E-state index contributed by atoms with van der Waals surface area (Å²) in [7, 11) is 4.48. The molecule has 0 aliphatic carbocycles. The number of carbonyl (C=O) groups is 1. The highest BCUT2D eigenvalue weighted by Crippen LogP contribution is 2.39. The van der Waals surface area contributed by atoms with Gasteiger partial charge >= 0.3 is 6.03 Å². The van der Waals surface area contributed by atoms with Crippen molar-refractivity contribution in [2.24, 2.45) is 0 Å². The van der Waals surface area contributed by atoms with Crippen LogP contribution in [0.1, 0.15) is 0 Å². The molecule has 0 unspecified atom stereocenters. The average Bonchev–Trinajstić information content (AvgIpc) is 2.55. The molecule has 0 aliphatic rings. The minimum atomic E-state index is -0.513. The fourth-order valence-electron chi connectivity index (χ4n) is 2.02. The van der Waals surface area contributed by atoms with Crippen LogP contribution in [0.4, 0.5) is 16.2 Å². The lowest BCUT2D eigenvalue weighted by Gasteiger charge is -2.15. The van der Waals surface area contributed by atoms with Crippen LogP contribution in [0.3, 0.4) is 0 Å². The first-order valence-electron chi connectivity index (χ1n) is 6.75. The summed E-state index contributed by atoms with van der Waals surface area (Å²) < 4.78 is 15.7. The van der Waals surface area contributed by atoms with Gasteiger partial charge in [0, 0.05) is 12.1 Å². The number of amides is 2. The van der Waals surface area contributed by atoms with Crippen LogP contribution in [0.25, 0.3) is 0 Å². The Kier molecular flexibility index (Phi) is 5.14. The summed E-state index contributed by atoms with van der Waals surface area (Å²) in [5, 5.41) is 14.9. The van der Waals surface area contributed by atoms with Crippen molar-refractivity contribution in [1.29, 1.82) is 0 Å². The molecule has 7 nitrogen and oxygen atoms in total. The molecule has 2 rings (SSSR count). The third kappa shape index (κ3) is 3.76. The van der Waals surface area contributed by atoms with Crippen LogP contribution < -0.4 is 24.8 Å². The minimum absolute atomic E-state index is 0.0208. The van der Waals surface area contributed by atoms with Gasteiger partial charge < -0.3 is 30.0 Å². The number of para-hydroxylation sites is 2. The molecule has 0 heterocycles.